The van der Waals surface area contributed by atoms with Gasteiger partial charge in [0.25, 0.3) is 0 Å². The van der Waals surface area contributed by atoms with Crippen LogP contribution in [0.2, 0.25) is 0 Å². The highest BCUT2D eigenvalue weighted by molar-refractivity contribution is 7.99. The van der Waals surface area contributed by atoms with Crippen LogP contribution in [0.1, 0.15) is 53.4 Å². The molecule has 1 aliphatic rings. The van der Waals surface area contributed by atoms with E-state index >= 15 is 0 Å². The average molecular weight is 352 g/mol. The summed E-state index contributed by atoms with van der Waals surface area (Å²) >= 11 is 1.81. The molecule has 4 heteroatoms. The number of aromatic carboxylic acids is 1. The summed E-state index contributed by atoms with van der Waals surface area (Å²) in [5, 5.41) is 19.6. The largest absolute Gasteiger partial charge is 0.478 e. The summed E-state index contributed by atoms with van der Waals surface area (Å²) in [5.41, 5.74) is 2.75. The third-order valence-corrected chi connectivity index (χ3v) is 5.59. The fraction of sp³-hybridized carbons (Fsp3) is 0.286. The van der Waals surface area contributed by atoms with E-state index in [4.69, 9.17) is 0 Å². The molecule has 2 N–H and O–H groups in total. The van der Waals surface area contributed by atoms with Crippen molar-refractivity contribution in [2.45, 2.75) is 36.7 Å². The molecule has 3 nitrogen and oxygen atoms in total. The number of carboxylic acids is 1. The highest BCUT2D eigenvalue weighted by Gasteiger charge is 2.28. The third-order valence-electron chi connectivity index (χ3n) is 4.54. The smallest absolute Gasteiger partial charge is 0.336 e. The van der Waals surface area contributed by atoms with Crippen molar-refractivity contribution in [3.8, 4) is 11.8 Å². The van der Waals surface area contributed by atoms with E-state index in [-0.39, 0.29) is 11.0 Å². The lowest BCUT2D eigenvalue weighted by Gasteiger charge is -2.32. The molecule has 0 radical (unpaired) electrons. The maximum atomic E-state index is 11.2. The van der Waals surface area contributed by atoms with Gasteiger partial charge in [0.15, 0.2) is 0 Å². The van der Waals surface area contributed by atoms with Gasteiger partial charge in [-0.3, -0.25) is 0 Å². The van der Waals surface area contributed by atoms with Gasteiger partial charge in [0.1, 0.15) is 6.10 Å². The van der Waals surface area contributed by atoms with Crippen molar-refractivity contribution < 1.29 is 15.0 Å². The van der Waals surface area contributed by atoms with E-state index in [2.05, 4.69) is 31.8 Å². The molecule has 0 bridgehead atoms. The molecule has 0 fully saturated rings. The number of hydrogen-bond acceptors (Lipinski definition) is 3. The van der Waals surface area contributed by atoms with E-state index in [1.54, 1.807) is 30.0 Å². The van der Waals surface area contributed by atoms with E-state index < -0.39 is 12.1 Å². The van der Waals surface area contributed by atoms with Gasteiger partial charge in [-0.1, -0.05) is 50.0 Å². The first-order valence-electron chi connectivity index (χ1n) is 8.18. The molecule has 0 amide bonds. The number of aliphatic hydroxyl groups is 1. The summed E-state index contributed by atoms with van der Waals surface area (Å²) in [4.78, 5) is 12.4. The normalized spacial score (nSPS) is 16.3. The van der Waals surface area contributed by atoms with Gasteiger partial charge in [-0.2, -0.15) is 0 Å². The van der Waals surface area contributed by atoms with Crippen molar-refractivity contribution >= 4 is 17.7 Å². The van der Waals surface area contributed by atoms with Crippen LogP contribution in [-0.2, 0) is 5.41 Å². The second-order valence-corrected chi connectivity index (χ2v) is 7.90. The fourth-order valence-electron chi connectivity index (χ4n) is 2.95. The Kier molecular flexibility index (Phi) is 4.89. The zero-order valence-corrected chi connectivity index (χ0v) is 15.1. The van der Waals surface area contributed by atoms with Crippen molar-refractivity contribution in [1.82, 2.24) is 0 Å². The highest BCUT2D eigenvalue weighted by atomic mass is 32.2. The van der Waals surface area contributed by atoms with Gasteiger partial charge in [0, 0.05) is 10.5 Å². The average Bonchev–Trinajstić information content (AvgIpc) is 2.59. The lowest BCUT2D eigenvalue weighted by atomic mass is 9.81. The maximum Gasteiger partial charge on any atom is 0.336 e. The fourth-order valence-corrected chi connectivity index (χ4v) is 4.50. The van der Waals surface area contributed by atoms with Gasteiger partial charge in [0.2, 0.25) is 0 Å². The van der Waals surface area contributed by atoms with Crippen molar-refractivity contribution in [1.29, 1.82) is 0 Å². The van der Waals surface area contributed by atoms with Crippen molar-refractivity contribution in [3.63, 3.8) is 0 Å². The number of carbonyl (C=O) groups is 1. The molecule has 0 aliphatic carbocycles. The molecule has 2 aromatic carbocycles. The molecule has 1 unspecified atom stereocenters. The topological polar surface area (TPSA) is 57.5 Å². The molecule has 0 saturated carbocycles. The van der Waals surface area contributed by atoms with Gasteiger partial charge in [-0.05, 0) is 46.9 Å². The Morgan fingerprint density at radius 2 is 2.00 bits per heavy atom. The standard InChI is InChI=1S/C21H20O3S/c1-21(2)11-12-25-19-13-15(7-9-17(19)21)18(22)10-8-14-5-3-4-6-16(14)20(23)24/h3-7,9,13,18,22H,11-12H2,1-2H3,(H,23,24). The van der Waals surface area contributed by atoms with Crippen LogP contribution < -0.4 is 0 Å². The number of benzene rings is 2. The predicted octanol–water partition coefficient (Wildman–Crippen LogP) is 4.24. The Bertz CT molecular complexity index is 874. The quantitative estimate of drug-likeness (QED) is 0.794. The molecule has 2 aromatic rings. The first-order chi connectivity index (χ1) is 11.9. The Morgan fingerprint density at radius 3 is 2.76 bits per heavy atom. The second-order valence-electron chi connectivity index (χ2n) is 6.76. The van der Waals surface area contributed by atoms with Crippen molar-refractivity contribution in [2.75, 3.05) is 5.75 Å². The molecule has 3 rings (SSSR count). The van der Waals surface area contributed by atoms with Gasteiger partial charge < -0.3 is 10.2 Å². The molecule has 1 atom stereocenters. The lowest BCUT2D eigenvalue weighted by molar-refractivity contribution is 0.0696. The van der Waals surface area contributed by atoms with Crippen LogP contribution in [0.5, 0.6) is 0 Å². The summed E-state index contributed by atoms with van der Waals surface area (Å²) < 4.78 is 0. The van der Waals surface area contributed by atoms with Crippen LogP contribution >= 0.6 is 11.8 Å². The SMILES string of the molecule is CC1(C)CCSc2cc(C(O)C#Cc3ccccc3C(=O)O)ccc21. The monoisotopic (exact) mass is 352 g/mol. The Hall–Kier alpha value is -2.22. The third kappa shape index (κ3) is 3.73. The maximum absolute atomic E-state index is 11.2. The minimum absolute atomic E-state index is 0.143. The minimum Gasteiger partial charge on any atom is -0.478 e. The van der Waals surface area contributed by atoms with Crippen molar-refractivity contribution in [2.24, 2.45) is 0 Å². The van der Waals surface area contributed by atoms with E-state index in [0.29, 0.717) is 5.56 Å². The highest BCUT2D eigenvalue weighted by Crippen LogP contribution is 2.42. The number of aliphatic hydroxyl groups excluding tert-OH is 1. The van der Waals surface area contributed by atoms with Crippen LogP contribution in [0, 0.1) is 11.8 Å². The molecule has 1 heterocycles. The van der Waals surface area contributed by atoms with Crippen LogP contribution in [0.4, 0.5) is 0 Å². The summed E-state index contributed by atoms with van der Waals surface area (Å²) in [6, 6.07) is 12.5. The molecular weight excluding hydrogens is 332 g/mol. The van der Waals surface area contributed by atoms with Crippen LogP contribution in [0.15, 0.2) is 47.4 Å². The van der Waals surface area contributed by atoms with Gasteiger partial charge in [-0.25, -0.2) is 4.79 Å². The summed E-state index contributed by atoms with van der Waals surface area (Å²) in [6.45, 7) is 4.48. The Morgan fingerprint density at radius 1 is 1.24 bits per heavy atom. The van der Waals surface area contributed by atoms with Gasteiger partial charge >= 0.3 is 5.97 Å². The van der Waals surface area contributed by atoms with E-state index in [9.17, 15) is 15.0 Å². The van der Waals surface area contributed by atoms with E-state index in [0.717, 1.165) is 17.7 Å². The van der Waals surface area contributed by atoms with Crippen molar-refractivity contribution in [3.05, 3.63) is 64.7 Å². The number of carboxylic acid groups (broad SMARTS) is 1. The minimum atomic E-state index is -1.02. The molecular formula is C21H20O3S. The first-order valence-corrected chi connectivity index (χ1v) is 9.16. The first kappa shape index (κ1) is 17.6. The second kappa shape index (κ2) is 6.95. The van der Waals surface area contributed by atoms with Crippen LogP contribution in [0.3, 0.4) is 0 Å². The summed E-state index contributed by atoms with van der Waals surface area (Å²) in [5.74, 6) is 5.62. The zero-order valence-electron chi connectivity index (χ0n) is 14.2. The lowest BCUT2D eigenvalue weighted by Crippen LogP contribution is -2.22. The number of rotatable bonds is 2. The van der Waals surface area contributed by atoms with Crippen LogP contribution in [0.25, 0.3) is 0 Å². The van der Waals surface area contributed by atoms with E-state index in [1.807, 2.05) is 12.1 Å². The van der Waals surface area contributed by atoms with E-state index in [1.165, 1.54) is 16.5 Å². The van der Waals surface area contributed by atoms with Gasteiger partial charge in [-0.15, -0.1) is 11.8 Å². The summed E-state index contributed by atoms with van der Waals surface area (Å²) in [7, 11) is 0. The number of fused-ring (bicyclic) bond motifs is 1. The molecule has 0 spiro atoms. The number of hydrogen-bond donors (Lipinski definition) is 2. The Labute approximate surface area is 152 Å². The Balaban J connectivity index is 1.89. The predicted molar refractivity (Wildman–Crippen MR) is 100 cm³/mol. The molecule has 0 saturated heterocycles. The number of thioether (sulfide) groups is 1. The molecule has 0 aromatic heterocycles. The van der Waals surface area contributed by atoms with Crippen LogP contribution in [-0.4, -0.2) is 21.9 Å². The zero-order chi connectivity index (χ0) is 18.0. The van der Waals surface area contributed by atoms with Gasteiger partial charge in [0.05, 0.1) is 5.56 Å². The summed E-state index contributed by atoms with van der Waals surface area (Å²) in [6.07, 6.45) is 0.191. The molecule has 128 valence electrons. The molecule has 1 aliphatic heterocycles. The molecule has 25 heavy (non-hydrogen) atoms.